The molecule has 4 rings (SSSR count). The van der Waals surface area contributed by atoms with Crippen LogP contribution in [0.2, 0.25) is 0 Å². The molecule has 3 aromatic carbocycles. The van der Waals surface area contributed by atoms with Crippen LogP contribution in [0.5, 0.6) is 0 Å². The van der Waals surface area contributed by atoms with Crippen LogP contribution < -0.4 is 0 Å². The van der Waals surface area contributed by atoms with Crippen molar-refractivity contribution in [3.63, 3.8) is 0 Å². The Labute approximate surface area is 170 Å². The van der Waals surface area contributed by atoms with E-state index in [0.717, 1.165) is 5.56 Å². The summed E-state index contributed by atoms with van der Waals surface area (Å²) in [6.45, 7) is 1.63. The number of thiophene rings is 1. The number of Topliss-reactive ketones (excluding diaryl/α,β-unsaturated/α-hetero) is 1. The van der Waals surface area contributed by atoms with Gasteiger partial charge in [-0.05, 0) is 94.6 Å². The normalized spacial score (nSPS) is 12.0. The third kappa shape index (κ3) is 2.68. The summed E-state index contributed by atoms with van der Waals surface area (Å²) in [6.07, 6.45) is 0. The SMILES string of the molecule is CC(=O)c1ccc2c(c1)c1ccccc1[s+]2-c1ccc(I)c(I)c1. The van der Waals surface area contributed by atoms with Crippen LogP contribution in [-0.2, 0) is 0 Å². The van der Waals surface area contributed by atoms with Gasteiger partial charge in [0, 0.05) is 40.0 Å². The second-order valence-electron chi connectivity index (χ2n) is 5.65. The van der Waals surface area contributed by atoms with Crippen molar-refractivity contribution in [3.8, 4) is 4.90 Å². The number of halogens is 2. The predicted molar refractivity (Wildman–Crippen MR) is 121 cm³/mol. The maximum absolute atomic E-state index is 11.8. The average Bonchev–Trinajstić information content (AvgIpc) is 2.91. The van der Waals surface area contributed by atoms with Crippen LogP contribution in [0.1, 0.15) is 17.3 Å². The van der Waals surface area contributed by atoms with Crippen LogP contribution in [0.3, 0.4) is 0 Å². The Morgan fingerprint density at radius 2 is 1.58 bits per heavy atom. The number of carbonyl (C=O) groups excluding carboxylic acids is 1. The van der Waals surface area contributed by atoms with Gasteiger partial charge in [-0.3, -0.25) is 4.79 Å². The Balaban J connectivity index is 2.13. The third-order valence-electron chi connectivity index (χ3n) is 4.13. The first kappa shape index (κ1) is 16.5. The summed E-state index contributed by atoms with van der Waals surface area (Å²) in [5, 5.41) is 2.46. The third-order valence-corrected chi connectivity index (χ3v) is 9.31. The summed E-state index contributed by atoms with van der Waals surface area (Å²) < 4.78 is 5.23. The van der Waals surface area contributed by atoms with Crippen molar-refractivity contribution < 1.29 is 4.79 Å². The molecular weight excluding hydrogens is 542 g/mol. The minimum atomic E-state index is -0.100. The number of carbonyl (C=O) groups is 1. The lowest BCUT2D eigenvalue weighted by molar-refractivity contribution is 0.101. The van der Waals surface area contributed by atoms with Gasteiger partial charge in [-0.2, -0.15) is 0 Å². The molecule has 0 N–H and O–H groups in total. The molecule has 4 heteroatoms. The number of rotatable bonds is 2. The minimum absolute atomic E-state index is 0.100. The largest absolute Gasteiger partial charge is 0.295 e. The van der Waals surface area contributed by atoms with Crippen molar-refractivity contribution in [1.29, 1.82) is 0 Å². The number of hydrogen-bond donors (Lipinski definition) is 0. The van der Waals surface area contributed by atoms with E-state index in [4.69, 9.17) is 0 Å². The summed E-state index contributed by atoms with van der Waals surface area (Å²) in [6, 6.07) is 21.4. The molecule has 1 heterocycles. The molecule has 0 aliphatic carbocycles. The minimum Gasteiger partial charge on any atom is -0.295 e. The van der Waals surface area contributed by atoms with Gasteiger partial charge in [0.05, 0.1) is 0 Å². The van der Waals surface area contributed by atoms with Crippen LogP contribution in [0.4, 0.5) is 0 Å². The second kappa shape index (κ2) is 6.38. The molecule has 0 amide bonds. The quantitative estimate of drug-likeness (QED) is 0.146. The first-order chi connectivity index (χ1) is 11.6. The zero-order valence-electron chi connectivity index (χ0n) is 12.8. The van der Waals surface area contributed by atoms with E-state index in [2.05, 4.69) is 99.8 Å². The maximum Gasteiger partial charge on any atom is 0.187 e. The van der Waals surface area contributed by atoms with Gasteiger partial charge < -0.3 is 0 Å². The number of hydrogen-bond acceptors (Lipinski definition) is 1. The fourth-order valence-corrected chi connectivity index (χ4v) is 6.43. The summed E-state index contributed by atoms with van der Waals surface area (Å²) in [7, 11) is -0.100. The Morgan fingerprint density at radius 3 is 2.33 bits per heavy atom. The van der Waals surface area contributed by atoms with E-state index in [1.165, 1.54) is 32.2 Å². The number of ketones is 1. The molecule has 1 unspecified atom stereocenters. The molecule has 0 bridgehead atoms. The predicted octanol–water partition coefficient (Wildman–Crippen LogP) is 7.14. The van der Waals surface area contributed by atoms with Crippen LogP contribution in [0, 0.1) is 7.14 Å². The molecule has 0 aliphatic heterocycles. The first-order valence-electron chi connectivity index (χ1n) is 7.50. The fourth-order valence-electron chi connectivity index (χ4n) is 2.98. The van der Waals surface area contributed by atoms with E-state index >= 15 is 0 Å². The molecule has 24 heavy (non-hydrogen) atoms. The van der Waals surface area contributed by atoms with Crippen molar-refractivity contribution >= 4 is 81.6 Å². The summed E-state index contributed by atoms with van der Waals surface area (Å²) in [5.74, 6) is 0.117. The van der Waals surface area contributed by atoms with E-state index in [1.807, 2.05) is 6.07 Å². The van der Waals surface area contributed by atoms with E-state index in [-0.39, 0.29) is 16.3 Å². The van der Waals surface area contributed by atoms with E-state index in [0.29, 0.717) is 0 Å². The molecule has 0 spiro atoms. The molecule has 0 saturated carbocycles. The molecule has 0 aliphatic rings. The second-order valence-corrected chi connectivity index (χ2v) is 9.93. The van der Waals surface area contributed by atoms with Crippen molar-refractivity contribution in [2.24, 2.45) is 0 Å². The highest BCUT2D eigenvalue weighted by Gasteiger charge is 2.24. The van der Waals surface area contributed by atoms with Gasteiger partial charge in [-0.1, -0.05) is 12.1 Å². The maximum atomic E-state index is 11.8. The van der Waals surface area contributed by atoms with Gasteiger partial charge in [-0.25, -0.2) is 0 Å². The van der Waals surface area contributed by atoms with E-state index in [9.17, 15) is 4.79 Å². The lowest BCUT2D eigenvalue weighted by Gasteiger charge is -1.98. The van der Waals surface area contributed by atoms with Gasteiger partial charge in [0.25, 0.3) is 0 Å². The van der Waals surface area contributed by atoms with Crippen LogP contribution in [0.25, 0.3) is 25.1 Å². The molecule has 0 radical (unpaired) electrons. The standard InChI is InChI=1S/C20H13I2OS/c1-12(23)13-6-9-20-16(10-13)15-4-2-3-5-19(15)24(20)14-7-8-17(21)18(22)11-14/h2-11H,1H3/q+1. The van der Waals surface area contributed by atoms with Gasteiger partial charge in [0.1, 0.15) is 0 Å². The van der Waals surface area contributed by atoms with Crippen molar-refractivity contribution in [2.45, 2.75) is 6.92 Å². The Kier molecular flexibility index (Phi) is 4.38. The van der Waals surface area contributed by atoms with Gasteiger partial charge in [0.2, 0.25) is 0 Å². The van der Waals surface area contributed by atoms with Crippen LogP contribution >= 0.6 is 55.7 Å². The lowest BCUT2D eigenvalue weighted by atomic mass is 10.1. The highest BCUT2D eigenvalue weighted by molar-refractivity contribution is 14.1. The zero-order valence-corrected chi connectivity index (χ0v) is 18.0. The van der Waals surface area contributed by atoms with Crippen LogP contribution in [0.15, 0.2) is 60.7 Å². The van der Waals surface area contributed by atoms with Gasteiger partial charge in [-0.15, -0.1) is 0 Å². The number of benzene rings is 3. The molecular formula is C20H13I2OS+. The highest BCUT2D eigenvalue weighted by Crippen LogP contribution is 2.48. The molecule has 1 nitrogen and oxygen atoms in total. The van der Waals surface area contributed by atoms with E-state index < -0.39 is 0 Å². The first-order valence-corrected chi connectivity index (χ1v) is 10.9. The molecule has 1 atom stereocenters. The van der Waals surface area contributed by atoms with Crippen molar-refractivity contribution in [1.82, 2.24) is 0 Å². The summed E-state index contributed by atoms with van der Waals surface area (Å²) >= 11 is 4.78. The fraction of sp³-hybridized carbons (Fsp3) is 0.0500. The zero-order chi connectivity index (χ0) is 16.8. The monoisotopic (exact) mass is 555 g/mol. The average molecular weight is 555 g/mol. The number of fused-ring (bicyclic) bond motifs is 3. The van der Waals surface area contributed by atoms with E-state index in [1.54, 1.807) is 6.92 Å². The molecule has 0 saturated heterocycles. The molecule has 4 aromatic rings. The molecule has 0 fully saturated rings. The van der Waals surface area contributed by atoms with Crippen LogP contribution in [-0.4, -0.2) is 5.78 Å². The Bertz CT molecular complexity index is 1110. The summed E-state index contributed by atoms with van der Waals surface area (Å²) in [5.41, 5.74) is 0.784. The lowest BCUT2D eigenvalue weighted by Crippen LogP contribution is -1.90. The molecule has 1 aromatic heterocycles. The molecule has 118 valence electrons. The Morgan fingerprint density at radius 1 is 0.833 bits per heavy atom. The summed E-state index contributed by atoms with van der Waals surface area (Å²) in [4.78, 5) is 13.1. The van der Waals surface area contributed by atoms with Crippen molar-refractivity contribution in [2.75, 3.05) is 0 Å². The van der Waals surface area contributed by atoms with Gasteiger partial charge in [0.15, 0.2) is 20.1 Å². The topological polar surface area (TPSA) is 17.1 Å². The highest BCUT2D eigenvalue weighted by atomic mass is 127. The Hall–Kier alpha value is -0.990. The van der Waals surface area contributed by atoms with Crippen molar-refractivity contribution in [3.05, 3.63) is 73.4 Å². The smallest absolute Gasteiger partial charge is 0.187 e. The van der Waals surface area contributed by atoms with Gasteiger partial charge >= 0.3 is 0 Å².